The highest BCUT2D eigenvalue weighted by atomic mass is 32.2. The largest absolute Gasteiger partial charge is 0.337 e. The second-order valence-electron chi connectivity index (χ2n) is 5.67. The molecular weight excluding hydrogens is 316 g/mol. The summed E-state index contributed by atoms with van der Waals surface area (Å²) in [6.07, 6.45) is 0. The van der Waals surface area contributed by atoms with Crippen molar-refractivity contribution in [3.63, 3.8) is 0 Å². The van der Waals surface area contributed by atoms with Crippen LogP contribution < -0.4 is 5.32 Å². The molecule has 3 unspecified atom stereocenters. The number of thioether (sulfide) groups is 1. The van der Waals surface area contributed by atoms with Crippen molar-refractivity contribution >= 4 is 28.6 Å². The van der Waals surface area contributed by atoms with Gasteiger partial charge in [0.15, 0.2) is 0 Å². The molecule has 6 heteroatoms. The van der Waals surface area contributed by atoms with Gasteiger partial charge in [0.05, 0.1) is 0 Å². The monoisotopic (exact) mass is 340 g/mol. The number of hydrogen-bond acceptors (Lipinski definition) is 3. The molecule has 1 aromatic rings. The molecule has 0 aromatic heterocycles. The number of urea groups is 1. The van der Waals surface area contributed by atoms with Crippen molar-refractivity contribution < 1.29 is 9.00 Å². The Hall–Kier alpha value is -1.01. The number of carbonyl (C=O) groups excluding carboxylic acids is 1. The van der Waals surface area contributed by atoms with Gasteiger partial charge in [-0.2, -0.15) is 11.8 Å². The molecule has 0 saturated carbocycles. The molecule has 4 nitrogen and oxygen atoms in total. The highest BCUT2D eigenvalue weighted by molar-refractivity contribution is 8.00. The van der Waals surface area contributed by atoms with E-state index < -0.39 is 10.8 Å². The Morgan fingerprint density at radius 1 is 1.27 bits per heavy atom. The Kier molecular flexibility index (Phi) is 6.76. The van der Waals surface area contributed by atoms with E-state index in [0.717, 1.165) is 18.7 Å². The first-order valence-corrected chi connectivity index (χ1v) is 10.0. The van der Waals surface area contributed by atoms with Crippen molar-refractivity contribution in [1.29, 1.82) is 0 Å². The zero-order chi connectivity index (χ0) is 15.9. The van der Waals surface area contributed by atoms with Gasteiger partial charge in [0.25, 0.3) is 0 Å². The zero-order valence-corrected chi connectivity index (χ0v) is 14.8. The molecule has 0 bridgehead atoms. The van der Waals surface area contributed by atoms with Crippen LogP contribution >= 0.6 is 11.8 Å². The van der Waals surface area contributed by atoms with Gasteiger partial charge >= 0.3 is 6.03 Å². The van der Waals surface area contributed by atoms with Gasteiger partial charge in [-0.15, -0.1) is 0 Å². The van der Waals surface area contributed by atoms with Crippen LogP contribution in [0.5, 0.6) is 0 Å². The van der Waals surface area contributed by atoms with Crippen LogP contribution in [-0.2, 0) is 16.6 Å². The van der Waals surface area contributed by atoms with E-state index in [9.17, 15) is 9.00 Å². The Morgan fingerprint density at radius 3 is 2.55 bits per heavy atom. The first-order chi connectivity index (χ1) is 10.5. The first-order valence-electron chi connectivity index (χ1n) is 7.61. The maximum atomic E-state index is 12.1. The van der Waals surface area contributed by atoms with Gasteiger partial charge in [-0.3, -0.25) is 4.21 Å². The molecule has 0 radical (unpaired) electrons. The normalized spacial score (nSPS) is 23.1. The fourth-order valence-electron chi connectivity index (χ4n) is 2.56. The van der Waals surface area contributed by atoms with Crippen molar-refractivity contribution in [2.24, 2.45) is 0 Å². The summed E-state index contributed by atoms with van der Waals surface area (Å²) >= 11 is 1.92. The van der Waals surface area contributed by atoms with Crippen LogP contribution in [0.4, 0.5) is 4.79 Å². The Labute approximate surface area is 139 Å². The van der Waals surface area contributed by atoms with Crippen LogP contribution in [0.25, 0.3) is 0 Å². The molecular formula is C16H24N2O2S2. The third-order valence-corrected chi connectivity index (χ3v) is 6.03. The van der Waals surface area contributed by atoms with E-state index in [-0.39, 0.29) is 6.03 Å². The molecule has 22 heavy (non-hydrogen) atoms. The molecule has 122 valence electrons. The zero-order valence-electron chi connectivity index (χ0n) is 13.2. The Morgan fingerprint density at radius 2 is 1.91 bits per heavy atom. The van der Waals surface area contributed by atoms with Gasteiger partial charge < -0.3 is 10.2 Å². The Bertz CT molecular complexity index is 500. The quantitative estimate of drug-likeness (QED) is 0.896. The van der Waals surface area contributed by atoms with Crippen LogP contribution in [0, 0.1) is 0 Å². The van der Waals surface area contributed by atoms with Crippen LogP contribution in [-0.4, -0.2) is 51.0 Å². The van der Waals surface area contributed by atoms with Gasteiger partial charge in [0.1, 0.15) is 0 Å². The van der Waals surface area contributed by atoms with E-state index in [1.54, 1.807) is 0 Å². The van der Waals surface area contributed by atoms with Gasteiger partial charge in [-0.25, -0.2) is 4.79 Å². The number of amides is 2. The van der Waals surface area contributed by atoms with E-state index in [1.165, 1.54) is 0 Å². The summed E-state index contributed by atoms with van der Waals surface area (Å²) in [5.74, 6) is 1.04. The molecule has 2 amide bonds. The predicted octanol–water partition coefficient (Wildman–Crippen LogP) is 2.47. The summed E-state index contributed by atoms with van der Waals surface area (Å²) in [6.45, 7) is 6.33. The SMILES string of the molecule is CC1CN(C(=O)NCCS(=O)Cc2ccccc2)CC(C)S1. The number of carbonyl (C=O) groups is 1. The van der Waals surface area contributed by atoms with Crippen LogP contribution in [0.1, 0.15) is 19.4 Å². The highest BCUT2D eigenvalue weighted by Gasteiger charge is 2.25. The predicted molar refractivity (Wildman–Crippen MR) is 94.6 cm³/mol. The van der Waals surface area contributed by atoms with E-state index in [1.807, 2.05) is 47.0 Å². The lowest BCUT2D eigenvalue weighted by atomic mass is 10.2. The summed E-state index contributed by atoms with van der Waals surface area (Å²) in [7, 11) is -0.944. The molecule has 2 rings (SSSR count). The fourth-order valence-corrected chi connectivity index (χ4v) is 4.92. The fraction of sp³-hybridized carbons (Fsp3) is 0.562. The minimum atomic E-state index is -0.944. The summed E-state index contributed by atoms with van der Waals surface area (Å²) in [4.78, 5) is 14.0. The smallest absolute Gasteiger partial charge is 0.317 e. The van der Waals surface area contributed by atoms with Crippen LogP contribution in [0.3, 0.4) is 0 Å². The number of rotatable bonds is 5. The van der Waals surface area contributed by atoms with Crippen molar-refractivity contribution in [2.45, 2.75) is 30.1 Å². The van der Waals surface area contributed by atoms with E-state index >= 15 is 0 Å². The van der Waals surface area contributed by atoms with Gasteiger partial charge in [0, 0.05) is 52.4 Å². The number of nitrogens with one attached hydrogen (secondary N) is 1. The van der Waals surface area contributed by atoms with Gasteiger partial charge in [-0.1, -0.05) is 44.2 Å². The average Bonchev–Trinajstić information content (AvgIpc) is 2.47. The summed E-state index contributed by atoms with van der Waals surface area (Å²) in [6, 6.07) is 9.77. The van der Waals surface area contributed by atoms with Gasteiger partial charge in [0.2, 0.25) is 0 Å². The molecule has 0 aliphatic carbocycles. The third kappa shape index (κ3) is 5.65. The minimum absolute atomic E-state index is 0.0317. The van der Waals surface area contributed by atoms with Gasteiger partial charge in [-0.05, 0) is 5.56 Å². The molecule has 1 fully saturated rings. The number of benzene rings is 1. The third-order valence-electron chi connectivity index (χ3n) is 3.48. The molecule has 1 saturated heterocycles. The number of nitrogens with zero attached hydrogens (tertiary/aromatic N) is 1. The van der Waals surface area contributed by atoms with E-state index in [4.69, 9.17) is 0 Å². The maximum absolute atomic E-state index is 12.1. The van der Waals surface area contributed by atoms with Crippen LogP contribution in [0.2, 0.25) is 0 Å². The molecule has 1 aliphatic heterocycles. The maximum Gasteiger partial charge on any atom is 0.317 e. The van der Waals surface area contributed by atoms with E-state index in [0.29, 0.717) is 28.6 Å². The lowest BCUT2D eigenvalue weighted by Gasteiger charge is -2.34. The number of hydrogen-bond donors (Lipinski definition) is 1. The molecule has 1 heterocycles. The molecule has 3 atom stereocenters. The van der Waals surface area contributed by atoms with Crippen molar-refractivity contribution in [2.75, 3.05) is 25.4 Å². The second kappa shape index (κ2) is 8.58. The minimum Gasteiger partial charge on any atom is -0.337 e. The average molecular weight is 341 g/mol. The van der Waals surface area contributed by atoms with E-state index in [2.05, 4.69) is 19.2 Å². The van der Waals surface area contributed by atoms with Crippen molar-refractivity contribution in [3.05, 3.63) is 35.9 Å². The highest BCUT2D eigenvalue weighted by Crippen LogP contribution is 2.24. The molecule has 1 aromatic carbocycles. The summed E-state index contributed by atoms with van der Waals surface area (Å²) < 4.78 is 12.0. The Balaban J connectivity index is 1.69. The lowest BCUT2D eigenvalue weighted by Crippen LogP contribution is -2.49. The summed E-state index contributed by atoms with van der Waals surface area (Å²) in [5, 5.41) is 3.84. The molecule has 1 N–H and O–H groups in total. The van der Waals surface area contributed by atoms with Crippen LogP contribution in [0.15, 0.2) is 30.3 Å². The topological polar surface area (TPSA) is 49.4 Å². The van der Waals surface area contributed by atoms with Crippen molar-refractivity contribution in [3.8, 4) is 0 Å². The van der Waals surface area contributed by atoms with Crippen molar-refractivity contribution in [1.82, 2.24) is 10.2 Å². The molecule has 0 spiro atoms. The standard InChI is InChI=1S/C16H24N2O2S2/c1-13-10-18(11-14(2)21-13)16(19)17-8-9-22(20)12-15-6-4-3-5-7-15/h3-7,13-14H,8-12H2,1-2H3,(H,17,19). The summed E-state index contributed by atoms with van der Waals surface area (Å²) in [5.41, 5.74) is 1.07. The second-order valence-corrected chi connectivity index (χ2v) is 9.13. The first kappa shape index (κ1) is 17.3. The molecule has 1 aliphatic rings. The lowest BCUT2D eigenvalue weighted by molar-refractivity contribution is 0.197.